The Bertz CT molecular complexity index is 853. The number of aryl methyl sites for hydroxylation is 1. The second-order valence-corrected chi connectivity index (χ2v) is 10.4. The van der Waals surface area contributed by atoms with Crippen molar-refractivity contribution < 1.29 is 18.4 Å². The van der Waals surface area contributed by atoms with Crippen molar-refractivity contribution >= 4 is 21.4 Å². The van der Waals surface area contributed by atoms with Gasteiger partial charge in [0.2, 0.25) is 0 Å². The SMILES string of the molecule is Cc1cc(O)c(C[NH+]2CCN(S(=O)(=O)c3cccs3)CC2)cc1C(C)C. The zero-order valence-electron chi connectivity index (χ0n) is 15.5. The first-order chi connectivity index (χ1) is 12.3. The Kier molecular flexibility index (Phi) is 5.72. The zero-order valence-corrected chi connectivity index (χ0v) is 17.2. The summed E-state index contributed by atoms with van der Waals surface area (Å²) in [5.74, 6) is 0.755. The first-order valence-electron chi connectivity index (χ1n) is 8.98. The van der Waals surface area contributed by atoms with Crippen LogP contribution in [0.3, 0.4) is 0 Å². The van der Waals surface area contributed by atoms with E-state index >= 15 is 0 Å². The second-order valence-electron chi connectivity index (χ2n) is 7.26. The Morgan fingerprint density at radius 3 is 2.54 bits per heavy atom. The lowest BCUT2D eigenvalue weighted by Gasteiger charge is -2.31. The van der Waals surface area contributed by atoms with E-state index in [9.17, 15) is 13.5 Å². The molecule has 3 rings (SSSR count). The largest absolute Gasteiger partial charge is 0.507 e. The van der Waals surface area contributed by atoms with E-state index in [0.717, 1.165) is 30.8 Å². The summed E-state index contributed by atoms with van der Waals surface area (Å²) in [6.07, 6.45) is 0. The summed E-state index contributed by atoms with van der Waals surface area (Å²) >= 11 is 1.26. The molecule has 1 fully saturated rings. The van der Waals surface area contributed by atoms with Crippen molar-refractivity contribution in [2.75, 3.05) is 26.2 Å². The molecule has 2 N–H and O–H groups in total. The number of phenolic OH excluding ortho intramolecular Hbond substituents is 1. The number of hydrogen-bond acceptors (Lipinski definition) is 4. The van der Waals surface area contributed by atoms with E-state index in [4.69, 9.17) is 0 Å². The van der Waals surface area contributed by atoms with E-state index in [1.807, 2.05) is 13.0 Å². The lowest BCUT2D eigenvalue weighted by atomic mass is 9.95. The number of hydrogen-bond donors (Lipinski definition) is 2. The third-order valence-corrected chi connectivity index (χ3v) is 8.32. The van der Waals surface area contributed by atoms with Gasteiger partial charge in [-0.15, -0.1) is 11.3 Å². The number of piperazine rings is 1. The molecule has 0 spiro atoms. The van der Waals surface area contributed by atoms with Crippen molar-refractivity contribution in [2.24, 2.45) is 0 Å². The van der Waals surface area contributed by atoms with Crippen LogP contribution >= 0.6 is 11.3 Å². The van der Waals surface area contributed by atoms with Crippen molar-refractivity contribution in [2.45, 2.75) is 37.4 Å². The van der Waals surface area contributed by atoms with Crippen LogP contribution in [0, 0.1) is 6.92 Å². The highest BCUT2D eigenvalue weighted by Crippen LogP contribution is 2.27. The molecule has 0 bridgehead atoms. The highest BCUT2D eigenvalue weighted by molar-refractivity contribution is 7.91. The molecule has 1 aromatic heterocycles. The van der Waals surface area contributed by atoms with Crippen LogP contribution in [0.4, 0.5) is 0 Å². The minimum Gasteiger partial charge on any atom is -0.507 e. The second kappa shape index (κ2) is 7.68. The van der Waals surface area contributed by atoms with E-state index < -0.39 is 10.0 Å². The third kappa shape index (κ3) is 3.96. The molecular formula is C19H27N2O3S2+. The monoisotopic (exact) mass is 395 g/mol. The number of aromatic hydroxyl groups is 1. The maximum absolute atomic E-state index is 12.6. The van der Waals surface area contributed by atoms with Gasteiger partial charge in [-0.1, -0.05) is 19.9 Å². The van der Waals surface area contributed by atoms with Crippen LogP contribution < -0.4 is 4.90 Å². The summed E-state index contributed by atoms with van der Waals surface area (Å²) < 4.78 is 27.2. The molecule has 2 heterocycles. The smallest absolute Gasteiger partial charge is 0.252 e. The van der Waals surface area contributed by atoms with Crippen LogP contribution in [0.5, 0.6) is 5.75 Å². The molecule has 1 saturated heterocycles. The number of phenols is 1. The van der Waals surface area contributed by atoms with Gasteiger partial charge >= 0.3 is 0 Å². The average molecular weight is 396 g/mol. The number of thiophene rings is 1. The first-order valence-corrected chi connectivity index (χ1v) is 11.3. The molecule has 2 aromatic rings. The van der Waals surface area contributed by atoms with Crippen LogP contribution in [0.1, 0.15) is 36.5 Å². The number of nitrogens with one attached hydrogen (secondary N) is 1. The Morgan fingerprint density at radius 2 is 1.96 bits per heavy atom. The number of sulfonamides is 1. The Labute approximate surface area is 159 Å². The summed E-state index contributed by atoms with van der Waals surface area (Å²) in [5.41, 5.74) is 3.32. The predicted molar refractivity (Wildman–Crippen MR) is 104 cm³/mol. The molecule has 142 valence electrons. The van der Waals surface area contributed by atoms with Gasteiger partial charge in [0.25, 0.3) is 10.0 Å². The van der Waals surface area contributed by atoms with Crippen molar-refractivity contribution in [1.29, 1.82) is 0 Å². The maximum atomic E-state index is 12.6. The minimum atomic E-state index is -3.36. The van der Waals surface area contributed by atoms with Crippen LogP contribution in [-0.4, -0.2) is 44.0 Å². The quantitative estimate of drug-likeness (QED) is 0.814. The van der Waals surface area contributed by atoms with Crippen molar-refractivity contribution in [1.82, 2.24) is 4.31 Å². The van der Waals surface area contributed by atoms with Gasteiger partial charge in [-0.25, -0.2) is 8.42 Å². The minimum absolute atomic E-state index is 0.341. The number of benzene rings is 1. The fourth-order valence-corrected chi connectivity index (χ4v) is 6.13. The van der Waals surface area contributed by atoms with E-state index in [0.29, 0.717) is 29.0 Å². The molecule has 0 radical (unpaired) electrons. The Balaban J connectivity index is 1.67. The van der Waals surface area contributed by atoms with Crippen molar-refractivity contribution in [3.8, 4) is 5.75 Å². The Hall–Kier alpha value is -1.41. The van der Waals surface area contributed by atoms with Crippen LogP contribution in [-0.2, 0) is 16.6 Å². The van der Waals surface area contributed by atoms with E-state index in [2.05, 4.69) is 19.9 Å². The van der Waals surface area contributed by atoms with Gasteiger partial charge in [-0.3, -0.25) is 0 Å². The molecular weight excluding hydrogens is 368 g/mol. The number of quaternary nitrogens is 1. The van der Waals surface area contributed by atoms with Gasteiger partial charge in [-0.2, -0.15) is 4.31 Å². The summed E-state index contributed by atoms with van der Waals surface area (Å²) in [6, 6.07) is 7.39. The van der Waals surface area contributed by atoms with E-state index in [1.165, 1.54) is 21.8 Å². The molecule has 0 amide bonds. The average Bonchev–Trinajstić information content (AvgIpc) is 3.13. The fraction of sp³-hybridized carbons (Fsp3) is 0.474. The molecule has 0 atom stereocenters. The normalized spacial score (nSPS) is 17.1. The molecule has 0 saturated carbocycles. The molecule has 5 nitrogen and oxygen atoms in total. The highest BCUT2D eigenvalue weighted by atomic mass is 32.2. The van der Waals surface area contributed by atoms with E-state index in [-0.39, 0.29) is 0 Å². The molecule has 7 heteroatoms. The molecule has 1 aliphatic heterocycles. The van der Waals surface area contributed by atoms with Gasteiger partial charge in [0.1, 0.15) is 16.5 Å². The summed E-state index contributed by atoms with van der Waals surface area (Å²) in [7, 11) is -3.36. The van der Waals surface area contributed by atoms with Gasteiger partial charge in [0.15, 0.2) is 0 Å². The Morgan fingerprint density at radius 1 is 1.27 bits per heavy atom. The van der Waals surface area contributed by atoms with Crippen LogP contribution in [0.2, 0.25) is 0 Å². The molecule has 0 aliphatic carbocycles. The summed E-state index contributed by atoms with van der Waals surface area (Å²) in [5, 5.41) is 12.1. The molecule has 26 heavy (non-hydrogen) atoms. The van der Waals surface area contributed by atoms with Gasteiger partial charge in [0, 0.05) is 5.56 Å². The zero-order chi connectivity index (χ0) is 18.9. The molecule has 0 unspecified atom stereocenters. The lowest BCUT2D eigenvalue weighted by Crippen LogP contribution is -3.13. The molecule has 1 aromatic carbocycles. The maximum Gasteiger partial charge on any atom is 0.252 e. The van der Waals surface area contributed by atoms with Gasteiger partial charge in [-0.05, 0) is 47.5 Å². The number of rotatable bonds is 5. The summed E-state index contributed by atoms with van der Waals surface area (Å²) in [6.45, 7) is 9.58. The topological polar surface area (TPSA) is 62.1 Å². The third-order valence-electron chi connectivity index (χ3n) is 5.05. The lowest BCUT2D eigenvalue weighted by molar-refractivity contribution is -0.917. The standard InChI is InChI=1S/C19H26N2O3S2/c1-14(2)17-12-16(18(22)11-15(17)3)13-20-6-8-21(9-7-20)26(23,24)19-5-4-10-25-19/h4-5,10-12,14,22H,6-9,13H2,1-3H3/p+1. The van der Waals surface area contributed by atoms with Crippen LogP contribution in [0.15, 0.2) is 33.9 Å². The number of nitrogens with zero attached hydrogens (tertiary/aromatic N) is 1. The summed E-state index contributed by atoms with van der Waals surface area (Å²) in [4.78, 5) is 1.30. The van der Waals surface area contributed by atoms with Crippen LogP contribution in [0.25, 0.3) is 0 Å². The first kappa shape index (κ1) is 19.4. The fourth-order valence-electron chi connectivity index (χ4n) is 3.55. The van der Waals surface area contributed by atoms with Crippen molar-refractivity contribution in [3.63, 3.8) is 0 Å². The highest BCUT2D eigenvalue weighted by Gasteiger charge is 2.31. The predicted octanol–water partition coefficient (Wildman–Crippen LogP) is 1.97. The van der Waals surface area contributed by atoms with Crippen molar-refractivity contribution in [3.05, 3.63) is 46.3 Å². The van der Waals surface area contributed by atoms with E-state index in [1.54, 1.807) is 21.8 Å². The van der Waals surface area contributed by atoms with Gasteiger partial charge in [0.05, 0.1) is 26.2 Å². The molecule has 1 aliphatic rings. The van der Waals surface area contributed by atoms with Gasteiger partial charge < -0.3 is 10.0 Å².